The maximum atomic E-state index is 10.7. The second kappa shape index (κ2) is 4.21. The summed E-state index contributed by atoms with van der Waals surface area (Å²) in [5.41, 5.74) is 1.08. The van der Waals surface area contributed by atoms with Crippen LogP contribution in [0.3, 0.4) is 0 Å². The summed E-state index contributed by atoms with van der Waals surface area (Å²) in [6.07, 6.45) is -0.576. The first-order valence-corrected chi connectivity index (χ1v) is 6.17. The molecular weight excluding hydrogens is 249 g/mol. The summed E-state index contributed by atoms with van der Waals surface area (Å²) in [7, 11) is -0.589. The quantitative estimate of drug-likeness (QED) is 0.450. The van der Waals surface area contributed by atoms with Gasteiger partial charge >= 0.3 is 7.12 Å². The second-order valence-electron chi connectivity index (χ2n) is 5.40. The molecule has 1 atom stereocenters. The van der Waals surface area contributed by atoms with E-state index >= 15 is 0 Å². The van der Waals surface area contributed by atoms with Gasteiger partial charge in [-0.15, -0.1) is 0 Å². The van der Waals surface area contributed by atoms with Crippen LogP contribution >= 0.6 is 0 Å². The molecule has 0 N–H and O–H groups in total. The number of nitro groups is 1. The molecule has 0 fully saturated rings. The van der Waals surface area contributed by atoms with E-state index in [1.54, 1.807) is 0 Å². The Morgan fingerprint density at radius 1 is 1.53 bits per heavy atom. The van der Waals surface area contributed by atoms with Crippen molar-refractivity contribution in [1.29, 1.82) is 0 Å². The summed E-state index contributed by atoms with van der Waals surface area (Å²) in [5, 5.41) is 10.7. The number of nitrogens with zero attached hydrogens (tertiary/aromatic N) is 1. The Kier molecular flexibility index (Phi) is 2.76. The fraction of sp³-hybridized carbons (Fsp3) is 0.500. The highest BCUT2D eigenvalue weighted by Crippen LogP contribution is 2.33. The summed E-state index contributed by atoms with van der Waals surface area (Å²) in [6.45, 7) is 3.96. The molecule has 1 aromatic rings. The van der Waals surface area contributed by atoms with Crippen LogP contribution in [0.15, 0.2) is 18.2 Å². The highest BCUT2D eigenvalue weighted by atomic mass is 16.6. The first-order chi connectivity index (χ1) is 8.96. The van der Waals surface area contributed by atoms with Crippen LogP contribution in [0.2, 0.25) is 0 Å². The van der Waals surface area contributed by atoms with Gasteiger partial charge in [0.15, 0.2) is 0 Å². The van der Waals surface area contributed by atoms with E-state index < -0.39 is 18.8 Å². The molecule has 1 aromatic carbocycles. The minimum Gasteiger partial charge on any atom is -0.491 e. The Bertz CT molecular complexity index is 533. The maximum absolute atomic E-state index is 10.7. The molecule has 7 heteroatoms. The number of benzene rings is 1. The largest absolute Gasteiger partial charge is 0.499 e. The van der Waals surface area contributed by atoms with Crippen molar-refractivity contribution < 1.29 is 19.0 Å². The van der Waals surface area contributed by atoms with Crippen molar-refractivity contribution in [2.24, 2.45) is 0 Å². The molecule has 0 aliphatic carbocycles. The van der Waals surface area contributed by atoms with E-state index in [9.17, 15) is 10.1 Å². The molecule has 0 radical (unpaired) electrons. The molecule has 0 bridgehead atoms. The lowest BCUT2D eigenvalue weighted by molar-refractivity contribution is -0.490. The van der Waals surface area contributed by atoms with Crippen LogP contribution in [0.4, 0.5) is 0 Å². The van der Waals surface area contributed by atoms with Gasteiger partial charge in [-0.3, -0.25) is 10.1 Å². The molecule has 6 nitrogen and oxygen atoms in total. The van der Waals surface area contributed by atoms with Crippen molar-refractivity contribution in [2.45, 2.75) is 25.6 Å². The van der Waals surface area contributed by atoms with Crippen molar-refractivity contribution in [2.75, 3.05) is 13.2 Å². The third-order valence-electron chi connectivity index (χ3n) is 3.29. The van der Waals surface area contributed by atoms with Gasteiger partial charge in [-0.2, -0.15) is 0 Å². The lowest BCUT2D eigenvalue weighted by atomic mass is 9.77. The zero-order chi connectivity index (χ0) is 13.6. The van der Waals surface area contributed by atoms with E-state index in [0.29, 0.717) is 12.4 Å². The highest BCUT2D eigenvalue weighted by Gasteiger charge is 2.46. The van der Waals surface area contributed by atoms with Crippen LogP contribution in [0, 0.1) is 10.1 Å². The van der Waals surface area contributed by atoms with E-state index in [0.717, 1.165) is 11.0 Å². The average molecular weight is 263 g/mol. The van der Waals surface area contributed by atoms with E-state index in [-0.39, 0.29) is 11.5 Å². The number of rotatable bonds is 2. The van der Waals surface area contributed by atoms with Crippen LogP contribution in [0.25, 0.3) is 0 Å². The maximum Gasteiger partial charge on any atom is 0.499 e. The van der Waals surface area contributed by atoms with Crippen LogP contribution in [-0.2, 0) is 9.31 Å². The van der Waals surface area contributed by atoms with E-state index in [2.05, 4.69) is 0 Å². The lowest BCUT2D eigenvalue weighted by Gasteiger charge is -2.24. The standard InChI is InChI=1S/C12H14BNO5/c1-12(2)7-17-9-5-3-4-8-10(6-14(15)16)18-13(19-12)11(8)9/h3-5,10H,6-7H2,1-2H3. The van der Waals surface area contributed by atoms with E-state index in [4.69, 9.17) is 14.0 Å². The lowest BCUT2D eigenvalue weighted by Crippen LogP contribution is -2.40. The first-order valence-electron chi connectivity index (χ1n) is 6.17. The Balaban J connectivity index is 2.01. The Morgan fingerprint density at radius 2 is 2.32 bits per heavy atom. The van der Waals surface area contributed by atoms with Crippen molar-refractivity contribution in [3.8, 4) is 5.75 Å². The zero-order valence-electron chi connectivity index (χ0n) is 10.8. The van der Waals surface area contributed by atoms with Gasteiger partial charge in [-0.05, 0) is 25.5 Å². The van der Waals surface area contributed by atoms with Crippen molar-refractivity contribution >= 4 is 12.6 Å². The Labute approximate surface area is 110 Å². The van der Waals surface area contributed by atoms with Crippen LogP contribution in [-0.4, -0.2) is 30.8 Å². The summed E-state index contributed by atoms with van der Waals surface area (Å²) in [4.78, 5) is 10.3. The Morgan fingerprint density at radius 3 is 3.05 bits per heavy atom. The first kappa shape index (κ1) is 12.4. The van der Waals surface area contributed by atoms with Crippen molar-refractivity contribution in [3.05, 3.63) is 33.9 Å². The molecule has 0 saturated heterocycles. The topological polar surface area (TPSA) is 70.8 Å². The molecule has 2 heterocycles. The smallest absolute Gasteiger partial charge is 0.491 e. The van der Waals surface area contributed by atoms with Crippen LogP contribution < -0.4 is 10.2 Å². The summed E-state index contributed by atoms with van der Waals surface area (Å²) in [6, 6.07) is 5.50. The van der Waals surface area contributed by atoms with E-state index in [1.807, 2.05) is 32.0 Å². The Hall–Kier alpha value is -1.60. The van der Waals surface area contributed by atoms with Crippen molar-refractivity contribution in [3.63, 3.8) is 0 Å². The van der Waals surface area contributed by atoms with Gasteiger partial charge in [0.1, 0.15) is 18.5 Å². The minimum atomic E-state index is -0.589. The molecule has 2 aliphatic heterocycles. The van der Waals surface area contributed by atoms with Crippen LogP contribution in [0.1, 0.15) is 25.5 Å². The predicted octanol–water partition coefficient (Wildman–Crippen LogP) is 0.917. The molecule has 3 rings (SSSR count). The molecule has 0 saturated carbocycles. The molecule has 19 heavy (non-hydrogen) atoms. The normalized spacial score (nSPS) is 23.5. The molecule has 1 unspecified atom stereocenters. The van der Waals surface area contributed by atoms with Gasteiger partial charge in [0, 0.05) is 10.4 Å². The molecule has 0 aromatic heterocycles. The molecule has 100 valence electrons. The van der Waals surface area contributed by atoms with Gasteiger partial charge in [0.25, 0.3) is 0 Å². The monoisotopic (exact) mass is 263 g/mol. The SMILES string of the molecule is CC1(C)COc2cccc3c2B(OC3C[N+](=O)[O-])O1. The van der Waals surface area contributed by atoms with Gasteiger partial charge < -0.3 is 14.0 Å². The second-order valence-corrected chi connectivity index (χ2v) is 5.40. The fourth-order valence-electron chi connectivity index (χ4n) is 2.45. The predicted molar refractivity (Wildman–Crippen MR) is 68.2 cm³/mol. The average Bonchev–Trinajstić information content (AvgIpc) is 2.57. The van der Waals surface area contributed by atoms with Crippen molar-refractivity contribution in [1.82, 2.24) is 0 Å². The molecule has 0 spiro atoms. The molecular formula is C12H14BNO5. The van der Waals surface area contributed by atoms with Gasteiger partial charge in [0.2, 0.25) is 6.54 Å². The van der Waals surface area contributed by atoms with Crippen LogP contribution in [0.5, 0.6) is 5.75 Å². The van der Waals surface area contributed by atoms with E-state index in [1.165, 1.54) is 0 Å². The number of hydrogen-bond acceptors (Lipinski definition) is 5. The van der Waals surface area contributed by atoms with Gasteiger partial charge in [0.05, 0.1) is 5.60 Å². The summed E-state index contributed by atoms with van der Waals surface area (Å²) >= 11 is 0. The third kappa shape index (κ3) is 2.19. The number of hydrogen-bond donors (Lipinski definition) is 0. The number of ether oxygens (including phenoxy) is 1. The summed E-state index contributed by atoms with van der Waals surface area (Å²) < 4.78 is 17.3. The molecule has 2 aliphatic rings. The minimum absolute atomic E-state index is 0.267. The third-order valence-corrected chi connectivity index (χ3v) is 3.29. The van der Waals surface area contributed by atoms with Gasteiger partial charge in [-0.1, -0.05) is 12.1 Å². The summed E-state index contributed by atoms with van der Waals surface area (Å²) in [5.74, 6) is 0.693. The highest BCUT2D eigenvalue weighted by molar-refractivity contribution is 6.64. The fourth-order valence-corrected chi connectivity index (χ4v) is 2.45. The van der Waals surface area contributed by atoms with Gasteiger partial charge in [-0.25, -0.2) is 0 Å². The zero-order valence-corrected chi connectivity index (χ0v) is 10.8. The molecule has 0 amide bonds.